The molecular weight excluding hydrogens is 277 g/mol. The number of alkyl halides is 1. The molecule has 3 unspecified atom stereocenters. The third kappa shape index (κ3) is 6.33. The van der Waals surface area contributed by atoms with Gasteiger partial charge < -0.3 is 16.5 Å². The van der Waals surface area contributed by atoms with Crippen molar-refractivity contribution in [3.8, 4) is 0 Å². The monoisotopic (exact) mass is 313 g/mol. The van der Waals surface area contributed by atoms with Crippen LogP contribution < -0.4 is 11.1 Å². The number of hydrogen-bond acceptors (Lipinski definition) is 3. The van der Waals surface area contributed by atoms with Crippen LogP contribution in [0.3, 0.4) is 0 Å². The third-order valence-corrected chi connectivity index (χ3v) is 5.12. The molecule has 1 aliphatic rings. The fraction of sp³-hybridized carbons (Fsp3) is 0.944. The van der Waals surface area contributed by atoms with Crippen LogP contribution in [0.5, 0.6) is 0 Å². The van der Waals surface area contributed by atoms with Gasteiger partial charge in [-0.05, 0) is 50.4 Å². The standard InChI is InChI=1S/C18H36FN3/c1-5-16(19)18(9-6-12(2)3)22-11-17(21)15-10-14(20)8-7-13(15)4/h12-16,18,21-22H,5-11,20H2,1-4H3/t13-,14?,15+,16?,18?/m1/s1. The molecule has 0 aromatic carbocycles. The summed E-state index contributed by atoms with van der Waals surface area (Å²) in [7, 11) is 0. The van der Waals surface area contributed by atoms with E-state index in [-0.39, 0.29) is 18.0 Å². The molecule has 130 valence electrons. The molecule has 1 aliphatic carbocycles. The first-order valence-electron chi connectivity index (χ1n) is 9.05. The quantitative estimate of drug-likeness (QED) is 0.565. The molecule has 0 aromatic heterocycles. The molecule has 1 saturated carbocycles. The van der Waals surface area contributed by atoms with Crippen LogP contribution in [0.25, 0.3) is 0 Å². The van der Waals surface area contributed by atoms with Gasteiger partial charge in [-0.1, -0.05) is 27.7 Å². The van der Waals surface area contributed by atoms with E-state index in [0.29, 0.717) is 30.5 Å². The van der Waals surface area contributed by atoms with E-state index in [9.17, 15) is 4.39 Å². The number of hydrogen-bond donors (Lipinski definition) is 3. The summed E-state index contributed by atoms with van der Waals surface area (Å²) in [5.74, 6) is 1.38. The summed E-state index contributed by atoms with van der Waals surface area (Å²) in [6, 6.07) is 0.100. The topological polar surface area (TPSA) is 61.9 Å². The molecule has 22 heavy (non-hydrogen) atoms. The summed E-state index contributed by atoms with van der Waals surface area (Å²) in [6.07, 6.45) is 4.66. The Morgan fingerprint density at radius 2 is 2.00 bits per heavy atom. The lowest BCUT2D eigenvalue weighted by Gasteiger charge is -2.33. The number of nitrogens with one attached hydrogen (secondary N) is 2. The zero-order chi connectivity index (χ0) is 16.7. The van der Waals surface area contributed by atoms with Gasteiger partial charge in [0.05, 0.1) is 0 Å². The fourth-order valence-electron chi connectivity index (χ4n) is 3.42. The van der Waals surface area contributed by atoms with Gasteiger partial charge in [-0.25, -0.2) is 4.39 Å². The van der Waals surface area contributed by atoms with Gasteiger partial charge in [0.25, 0.3) is 0 Å². The Bertz CT molecular complexity index is 332. The summed E-state index contributed by atoms with van der Waals surface area (Å²) >= 11 is 0. The van der Waals surface area contributed by atoms with Crippen LogP contribution in [0.4, 0.5) is 4.39 Å². The Morgan fingerprint density at radius 1 is 1.32 bits per heavy atom. The Kier molecular flexibility index (Phi) is 8.55. The van der Waals surface area contributed by atoms with E-state index in [2.05, 4.69) is 26.1 Å². The van der Waals surface area contributed by atoms with Crippen molar-refractivity contribution >= 4 is 5.71 Å². The third-order valence-electron chi connectivity index (χ3n) is 5.12. The fourth-order valence-corrected chi connectivity index (χ4v) is 3.42. The molecule has 1 rings (SSSR count). The van der Waals surface area contributed by atoms with Crippen molar-refractivity contribution < 1.29 is 4.39 Å². The van der Waals surface area contributed by atoms with Gasteiger partial charge >= 0.3 is 0 Å². The zero-order valence-electron chi connectivity index (χ0n) is 14.9. The van der Waals surface area contributed by atoms with Crippen molar-refractivity contribution in [3.63, 3.8) is 0 Å². The van der Waals surface area contributed by atoms with Crippen LogP contribution in [-0.2, 0) is 0 Å². The van der Waals surface area contributed by atoms with Crippen LogP contribution in [-0.4, -0.2) is 30.5 Å². The maximum Gasteiger partial charge on any atom is 0.115 e. The minimum absolute atomic E-state index is 0.125. The van der Waals surface area contributed by atoms with Crippen LogP contribution >= 0.6 is 0 Å². The minimum atomic E-state index is -0.822. The SMILES string of the molecule is CCC(F)C(CCC(C)C)NCC(=N)[C@H]1CC(N)CC[C@H]1C. The first kappa shape index (κ1) is 19.6. The van der Waals surface area contributed by atoms with E-state index in [1.54, 1.807) is 0 Å². The van der Waals surface area contributed by atoms with Gasteiger partial charge in [0.15, 0.2) is 0 Å². The second-order valence-corrected chi connectivity index (χ2v) is 7.56. The van der Waals surface area contributed by atoms with Crippen molar-refractivity contribution in [2.75, 3.05) is 6.54 Å². The van der Waals surface area contributed by atoms with E-state index < -0.39 is 6.17 Å². The van der Waals surface area contributed by atoms with Gasteiger partial charge in [0.2, 0.25) is 0 Å². The van der Waals surface area contributed by atoms with Crippen molar-refractivity contribution in [2.24, 2.45) is 23.5 Å². The lowest BCUT2D eigenvalue weighted by Crippen LogP contribution is -2.44. The number of nitrogens with two attached hydrogens (primary N) is 1. The molecule has 0 saturated heterocycles. The highest BCUT2D eigenvalue weighted by molar-refractivity contribution is 5.86. The highest BCUT2D eigenvalue weighted by Crippen LogP contribution is 2.29. The Balaban J connectivity index is 2.50. The summed E-state index contributed by atoms with van der Waals surface area (Å²) in [5, 5.41) is 11.7. The Morgan fingerprint density at radius 3 is 2.59 bits per heavy atom. The van der Waals surface area contributed by atoms with E-state index in [1.165, 1.54) is 0 Å². The first-order chi connectivity index (χ1) is 10.3. The molecule has 0 radical (unpaired) electrons. The zero-order valence-corrected chi connectivity index (χ0v) is 14.9. The van der Waals surface area contributed by atoms with Crippen LogP contribution in [0.1, 0.15) is 66.2 Å². The Labute approximate surface area is 136 Å². The second-order valence-electron chi connectivity index (χ2n) is 7.56. The van der Waals surface area contributed by atoms with E-state index in [4.69, 9.17) is 11.1 Å². The van der Waals surface area contributed by atoms with Gasteiger partial charge in [-0.2, -0.15) is 0 Å². The van der Waals surface area contributed by atoms with E-state index in [0.717, 1.165) is 32.1 Å². The normalized spacial score (nSPS) is 28.6. The van der Waals surface area contributed by atoms with Crippen LogP contribution in [0.2, 0.25) is 0 Å². The van der Waals surface area contributed by atoms with E-state index in [1.807, 2.05) is 6.92 Å². The highest BCUT2D eigenvalue weighted by atomic mass is 19.1. The predicted octanol–water partition coefficient (Wildman–Crippen LogP) is 3.91. The van der Waals surface area contributed by atoms with Crippen molar-refractivity contribution in [1.82, 2.24) is 5.32 Å². The number of halogens is 1. The summed E-state index contributed by atoms with van der Waals surface area (Å²) in [6.45, 7) is 8.95. The van der Waals surface area contributed by atoms with Crippen LogP contribution in [0.15, 0.2) is 0 Å². The molecule has 4 heteroatoms. The smallest absolute Gasteiger partial charge is 0.115 e. The molecule has 3 nitrogen and oxygen atoms in total. The highest BCUT2D eigenvalue weighted by Gasteiger charge is 2.29. The minimum Gasteiger partial charge on any atom is -0.328 e. The van der Waals surface area contributed by atoms with Crippen LogP contribution in [0, 0.1) is 23.2 Å². The number of rotatable bonds is 9. The van der Waals surface area contributed by atoms with E-state index >= 15 is 0 Å². The molecule has 0 aliphatic heterocycles. The van der Waals surface area contributed by atoms with Crippen molar-refractivity contribution in [2.45, 2.75) is 84.5 Å². The van der Waals surface area contributed by atoms with Gasteiger partial charge in [-0.3, -0.25) is 0 Å². The summed E-state index contributed by atoms with van der Waals surface area (Å²) in [4.78, 5) is 0. The average Bonchev–Trinajstić information content (AvgIpc) is 2.48. The predicted molar refractivity (Wildman–Crippen MR) is 93.3 cm³/mol. The largest absolute Gasteiger partial charge is 0.328 e. The molecule has 0 bridgehead atoms. The van der Waals surface area contributed by atoms with Crippen molar-refractivity contribution in [3.05, 3.63) is 0 Å². The lowest BCUT2D eigenvalue weighted by atomic mass is 9.75. The maximum absolute atomic E-state index is 14.1. The molecule has 0 aromatic rings. The maximum atomic E-state index is 14.1. The lowest BCUT2D eigenvalue weighted by molar-refractivity contribution is 0.228. The molecule has 5 atom stereocenters. The second kappa shape index (κ2) is 9.61. The van der Waals surface area contributed by atoms with Crippen molar-refractivity contribution in [1.29, 1.82) is 5.41 Å². The first-order valence-corrected chi connectivity index (χ1v) is 9.05. The van der Waals surface area contributed by atoms with Gasteiger partial charge in [-0.15, -0.1) is 0 Å². The molecule has 1 fully saturated rings. The molecule has 0 amide bonds. The molecule has 0 heterocycles. The molecular formula is C18H36FN3. The molecule has 0 spiro atoms. The Hall–Kier alpha value is -0.480. The molecule has 4 N–H and O–H groups in total. The van der Waals surface area contributed by atoms with Gasteiger partial charge in [0, 0.05) is 30.3 Å². The average molecular weight is 314 g/mol. The van der Waals surface area contributed by atoms with Gasteiger partial charge in [0.1, 0.15) is 6.17 Å². The summed E-state index contributed by atoms with van der Waals surface area (Å²) in [5.41, 5.74) is 6.76. The summed E-state index contributed by atoms with van der Waals surface area (Å²) < 4.78 is 14.1.